The Morgan fingerprint density at radius 2 is 1.96 bits per heavy atom. The second kappa shape index (κ2) is 7.35. The lowest BCUT2D eigenvalue weighted by atomic mass is 10.3. The molecule has 3 rings (SSSR count). The number of nitrogens with one attached hydrogen (secondary N) is 1. The van der Waals surface area contributed by atoms with Gasteiger partial charge in [-0.3, -0.25) is 0 Å². The third-order valence-corrected chi connectivity index (χ3v) is 4.24. The molecule has 0 saturated carbocycles. The first-order valence-electron chi connectivity index (χ1n) is 7.46. The average molecular weight is 463 g/mol. The molecule has 1 N–H and O–H groups in total. The minimum absolute atomic E-state index is 0.154. The van der Waals surface area contributed by atoms with E-state index in [1.807, 2.05) is 0 Å². The Morgan fingerprint density at radius 3 is 2.59 bits per heavy atom. The van der Waals surface area contributed by atoms with Gasteiger partial charge in [0, 0.05) is 28.7 Å². The molecule has 0 aliphatic carbocycles. The van der Waals surface area contributed by atoms with Gasteiger partial charge in [-0.1, -0.05) is 11.6 Å². The van der Waals surface area contributed by atoms with Gasteiger partial charge < -0.3 is 10.1 Å². The topological polar surface area (TPSA) is 64.9 Å². The maximum absolute atomic E-state index is 12.9. The van der Waals surface area contributed by atoms with Gasteiger partial charge in [0.2, 0.25) is 5.95 Å². The standard InChI is InChI=1S/C16H12BrClF3N5O/c1-8-3-13(16(19,20)21)25-26(8)14-12(17)7-22-15(24-14)23-10-4-9(18)5-11(6-10)27-2/h3-7H,1-2H3,(H,22,23,24). The molecule has 2 aromatic heterocycles. The van der Waals surface area contributed by atoms with E-state index < -0.39 is 11.9 Å². The fraction of sp³-hybridized carbons (Fsp3) is 0.188. The predicted molar refractivity (Wildman–Crippen MR) is 97.9 cm³/mol. The van der Waals surface area contributed by atoms with Gasteiger partial charge in [-0.25, -0.2) is 9.67 Å². The Balaban J connectivity index is 1.98. The summed E-state index contributed by atoms with van der Waals surface area (Å²) in [5.74, 6) is 0.843. The lowest BCUT2D eigenvalue weighted by Gasteiger charge is -2.11. The van der Waals surface area contributed by atoms with Crippen LogP contribution in [0.4, 0.5) is 24.8 Å². The smallest absolute Gasteiger partial charge is 0.435 e. The highest BCUT2D eigenvalue weighted by Gasteiger charge is 2.34. The van der Waals surface area contributed by atoms with E-state index in [1.165, 1.54) is 20.2 Å². The summed E-state index contributed by atoms with van der Waals surface area (Å²) in [6.45, 7) is 1.51. The van der Waals surface area contributed by atoms with Gasteiger partial charge in [0.1, 0.15) is 5.75 Å². The van der Waals surface area contributed by atoms with Crippen LogP contribution in [0.2, 0.25) is 5.02 Å². The molecule has 0 bridgehead atoms. The number of hydrogen-bond acceptors (Lipinski definition) is 5. The summed E-state index contributed by atoms with van der Waals surface area (Å²) < 4.78 is 45.4. The van der Waals surface area contributed by atoms with Gasteiger partial charge in [-0.05, 0) is 41.1 Å². The Hall–Kier alpha value is -2.33. The van der Waals surface area contributed by atoms with E-state index in [9.17, 15) is 13.2 Å². The van der Waals surface area contributed by atoms with Crippen LogP contribution in [0.3, 0.4) is 0 Å². The van der Waals surface area contributed by atoms with Gasteiger partial charge in [0.15, 0.2) is 11.5 Å². The molecule has 0 aliphatic heterocycles. The Bertz CT molecular complexity index is 993. The molecule has 0 radical (unpaired) electrons. The van der Waals surface area contributed by atoms with E-state index in [-0.39, 0.29) is 17.5 Å². The van der Waals surface area contributed by atoms with Crippen molar-refractivity contribution in [1.29, 1.82) is 0 Å². The maximum atomic E-state index is 12.9. The molecular formula is C16H12BrClF3N5O. The van der Waals surface area contributed by atoms with Crippen LogP contribution in [0.15, 0.2) is 34.9 Å². The van der Waals surface area contributed by atoms with E-state index in [0.717, 1.165) is 10.7 Å². The fourth-order valence-corrected chi connectivity index (χ4v) is 2.86. The summed E-state index contributed by atoms with van der Waals surface area (Å²) in [5, 5.41) is 6.98. The number of aryl methyl sites for hydroxylation is 1. The van der Waals surface area contributed by atoms with Crippen molar-refractivity contribution in [3.63, 3.8) is 0 Å². The van der Waals surface area contributed by atoms with Gasteiger partial charge >= 0.3 is 6.18 Å². The monoisotopic (exact) mass is 461 g/mol. The van der Waals surface area contributed by atoms with Gasteiger partial charge in [0.05, 0.1) is 11.6 Å². The van der Waals surface area contributed by atoms with Crippen molar-refractivity contribution in [3.05, 3.63) is 51.3 Å². The normalized spacial score (nSPS) is 11.5. The van der Waals surface area contributed by atoms with Crippen LogP contribution >= 0.6 is 27.5 Å². The van der Waals surface area contributed by atoms with Crippen molar-refractivity contribution >= 4 is 39.2 Å². The molecule has 0 fully saturated rings. The van der Waals surface area contributed by atoms with E-state index in [2.05, 4.69) is 36.3 Å². The minimum atomic E-state index is -4.55. The number of nitrogens with zero attached hydrogens (tertiary/aromatic N) is 4. The summed E-state index contributed by atoms with van der Waals surface area (Å²) in [6, 6.07) is 5.89. The van der Waals surface area contributed by atoms with Crippen LogP contribution in [0.1, 0.15) is 11.4 Å². The van der Waals surface area contributed by atoms with Crippen LogP contribution in [0, 0.1) is 6.92 Å². The summed E-state index contributed by atoms with van der Waals surface area (Å²) in [5.41, 5.74) is -0.169. The highest BCUT2D eigenvalue weighted by Crippen LogP contribution is 2.31. The lowest BCUT2D eigenvalue weighted by Crippen LogP contribution is -2.10. The van der Waals surface area contributed by atoms with Gasteiger partial charge in [-0.2, -0.15) is 23.3 Å². The number of aromatic nitrogens is 4. The molecule has 1 aromatic carbocycles. The van der Waals surface area contributed by atoms with E-state index in [0.29, 0.717) is 20.9 Å². The second-order valence-corrected chi connectivity index (χ2v) is 6.74. The highest BCUT2D eigenvalue weighted by atomic mass is 79.9. The lowest BCUT2D eigenvalue weighted by molar-refractivity contribution is -0.141. The third-order valence-electron chi connectivity index (χ3n) is 3.47. The molecule has 0 unspecified atom stereocenters. The molecule has 0 saturated heterocycles. The first-order chi connectivity index (χ1) is 12.7. The molecule has 2 heterocycles. The quantitative estimate of drug-likeness (QED) is 0.580. The van der Waals surface area contributed by atoms with Crippen molar-refractivity contribution in [2.24, 2.45) is 0 Å². The third kappa shape index (κ3) is 4.33. The number of ether oxygens (including phenoxy) is 1. The molecule has 11 heteroatoms. The zero-order chi connectivity index (χ0) is 19.8. The van der Waals surface area contributed by atoms with Crippen molar-refractivity contribution in [2.75, 3.05) is 12.4 Å². The Kier molecular flexibility index (Phi) is 5.29. The maximum Gasteiger partial charge on any atom is 0.435 e. The van der Waals surface area contributed by atoms with Crippen LogP contribution in [-0.4, -0.2) is 26.9 Å². The highest BCUT2D eigenvalue weighted by molar-refractivity contribution is 9.10. The van der Waals surface area contributed by atoms with Crippen LogP contribution in [-0.2, 0) is 6.18 Å². The predicted octanol–water partition coefficient (Wildman–Crippen LogP) is 5.16. The number of methoxy groups -OCH3 is 1. The largest absolute Gasteiger partial charge is 0.497 e. The summed E-state index contributed by atoms with van der Waals surface area (Å²) in [4.78, 5) is 8.37. The molecule has 3 aromatic rings. The Labute approximate surface area is 165 Å². The van der Waals surface area contributed by atoms with E-state index in [1.54, 1.807) is 18.2 Å². The van der Waals surface area contributed by atoms with Gasteiger partial charge in [-0.15, -0.1) is 0 Å². The average Bonchev–Trinajstić information content (AvgIpc) is 2.98. The number of halogens is 5. The van der Waals surface area contributed by atoms with Crippen LogP contribution < -0.4 is 10.1 Å². The van der Waals surface area contributed by atoms with E-state index in [4.69, 9.17) is 16.3 Å². The zero-order valence-corrected chi connectivity index (χ0v) is 16.3. The molecular weight excluding hydrogens is 451 g/mol. The number of benzene rings is 1. The van der Waals surface area contributed by atoms with Gasteiger partial charge in [0.25, 0.3) is 0 Å². The first kappa shape index (κ1) is 19.4. The number of hydrogen-bond donors (Lipinski definition) is 1. The van der Waals surface area contributed by atoms with Crippen molar-refractivity contribution < 1.29 is 17.9 Å². The van der Waals surface area contributed by atoms with Crippen molar-refractivity contribution in [2.45, 2.75) is 13.1 Å². The second-order valence-electron chi connectivity index (χ2n) is 5.45. The zero-order valence-electron chi connectivity index (χ0n) is 14.0. The molecule has 6 nitrogen and oxygen atoms in total. The summed E-state index contributed by atoms with van der Waals surface area (Å²) >= 11 is 9.27. The summed E-state index contributed by atoms with van der Waals surface area (Å²) in [6.07, 6.45) is -3.13. The van der Waals surface area contributed by atoms with Crippen LogP contribution in [0.5, 0.6) is 5.75 Å². The molecule has 0 amide bonds. The molecule has 27 heavy (non-hydrogen) atoms. The van der Waals surface area contributed by atoms with Crippen molar-refractivity contribution in [1.82, 2.24) is 19.7 Å². The number of rotatable bonds is 4. The number of anilines is 2. The number of alkyl halides is 3. The van der Waals surface area contributed by atoms with Crippen LogP contribution in [0.25, 0.3) is 5.82 Å². The minimum Gasteiger partial charge on any atom is -0.497 e. The summed E-state index contributed by atoms with van der Waals surface area (Å²) in [7, 11) is 1.50. The Morgan fingerprint density at radius 1 is 1.22 bits per heavy atom. The fourth-order valence-electron chi connectivity index (χ4n) is 2.28. The SMILES string of the molecule is COc1cc(Cl)cc(Nc2ncc(Br)c(-n3nc(C(F)(F)F)cc3C)n2)c1. The van der Waals surface area contributed by atoms with E-state index >= 15 is 0 Å². The molecule has 0 spiro atoms. The molecule has 0 atom stereocenters. The molecule has 0 aliphatic rings. The molecule has 142 valence electrons. The van der Waals surface area contributed by atoms with Crippen molar-refractivity contribution in [3.8, 4) is 11.6 Å². The first-order valence-corrected chi connectivity index (χ1v) is 8.63.